The molecule has 0 saturated heterocycles. The van der Waals surface area contributed by atoms with Crippen LogP contribution in [0, 0.1) is 5.92 Å². The second kappa shape index (κ2) is 8.03. The Kier molecular flexibility index (Phi) is 5.54. The molecule has 0 fully saturated rings. The van der Waals surface area contributed by atoms with Crippen LogP contribution in [0.2, 0.25) is 0 Å². The molecule has 27 heavy (non-hydrogen) atoms. The van der Waals surface area contributed by atoms with Crippen molar-refractivity contribution in [1.82, 2.24) is 15.3 Å². The van der Waals surface area contributed by atoms with E-state index in [-0.39, 0.29) is 30.3 Å². The number of imidazole rings is 1. The Bertz CT molecular complexity index is 912. The van der Waals surface area contributed by atoms with Crippen LogP contribution in [0.4, 0.5) is 0 Å². The van der Waals surface area contributed by atoms with Crippen LogP contribution >= 0.6 is 0 Å². The first-order valence-corrected chi connectivity index (χ1v) is 8.92. The summed E-state index contributed by atoms with van der Waals surface area (Å²) in [6.07, 6.45) is 0. The Morgan fingerprint density at radius 2 is 1.81 bits per heavy atom. The highest BCUT2D eigenvalue weighted by atomic mass is 16.5. The predicted octanol–water partition coefficient (Wildman–Crippen LogP) is 3.66. The van der Waals surface area contributed by atoms with E-state index in [0.29, 0.717) is 11.3 Å². The van der Waals surface area contributed by atoms with Crippen LogP contribution in [0.1, 0.15) is 43.0 Å². The van der Waals surface area contributed by atoms with E-state index < -0.39 is 0 Å². The van der Waals surface area contributed by atoms with Gasteiger partial charge in [0.15, 0.2) is 12.4 Å². The van der Waals surface area contributed by atoms with E-state index in [1.807, 2.05) is 38.1 Å². The molecule has 1 aromatic heterocycles. The molecule has 1 heterocycles. The van der Waals surface area contributed by atoms with Gasteiger partial charge in [0, 0.05) is 5.56 Å². The van der Waals surface area contributed by atoms with Gasteiger partial charge in [-0.1, -0.05) is 26.0 Å². The van der Waals surface area contributed by atoms with Crippen LogP contribution in [0.3, 0.4) is 0 Å². The van der Waals surface area contributed by atoms with Crippen molar-refractivity contribution in [2.45, 2.75) is 26.8 Å². The van der Waals surface area contributed by atoms with Crippen LogP contribution in [0.15, 0.2) is 48.5 Å². The number of para-hydroxylation sites is 2. The van der Waals surface area contributed by atoms with Crippen molar-refractivity contribution < 1.29 is 14.3 Å². The molecule has 2 aromatic carbocycles. The van der Waals surface area contributed by atoms with Gasteiger partial charge in [-0.05, 0) is 49.2 Å². The molecule has 1 atom stereocenters. The van der Waals surface area contributed by atoms with Gasteiger partial charge < -0.3 is 15.0 Å². The fraction of sp³-hybridized carbons (Fsp3) is 0.286. The second-order valence-electron chi connectivity index (χ2n) is 6.80. The summed E-state index contributed by atoms with van der Waals surface area (Å²) in [7, 11) is 0. The molecule has 0 aliphatic heterocycles. The Balaban J connectivity index is 1.64. The highest BCUT2D eigenvalue weighted by molar-refractivity contribution is 5.94. The summed E-state index contributed by atoms with van der Waals surface area (Å²) in [4.78, 5) is 31.5. The number of hydrogen-bond acceptors (Lipinski definition) is 4. The van der Waals surface area contributed by atoms with Crippen LogP contribution in [0.5, 0.6) is 5.75 Å². The molecule has 1 unspecified atom stereocenters. The first-order chi connectivity index (χ1) is 12.9. The summed E-state index contributed by atoms with van der Waals surface area (Å²) in [6, 6.07) is 14.3. The first-order valence-electron chi connectivity index (χ1n) is 8.92. The number of H-pyrrole nitrogens is 1. The van der Waals surface area contributed by atoms with Crippen molar-refractivity contribution >= 4 is 22.7 Å². The summed E-state index contributed by atoms with van der Waals surface area (Å²) in [5, 5.41) is 2.98. The Morgan fingerprint density at radius 3 is 2.44 bits per heavy atom. The number of ether oxygens (including phenoxy) is 1. The lowest BCUT2D eigenvalue weighted by Gasteiger charge is -2.20. The number of nitrogens with zero attached hydrogens (tertiary/aromatic N) is 1. The van der Waals surface area contributed by atoms with Gasteiger partial charge in [-0.2, -0.15) is 0 Å². The normalized spacial score (nSPS) is 12.1. The van der Waals surface area contributed by atoms with E-state index in [0.717, 1.165) is 16.9 Å². The number of benzene rings is 2. The van der Waals surface area contributed by atoms with E-state index in [4.69, 9.17) is 4.74 Å². The van der Waals surface area contributed by atoms with E-state index in [1.165, 1.54) is 6.92 Å². The lowest BCUT2D eigenvalue weighted by molar-refractivity contribution is -0.124. The smallest absolute Gasteiger partial charge is 0.258 e. The van der Waals surface area contributed by atoms with Gasteiger partial charge in [0.25, 0.3) is 5.91 Å². The number of Topliss-reactive ketones (excluding diaryl/α,β-unsaturated/α-hetero) is 1. The van der Waals surface area contributed by atoms with Crippen LogP contribution in [0.25, 0.3) is 11.0 Å². The van der Waals surface area contributed by atoms with Crippen molar-refractivity contribution in [2.75, 3.05) is 6.61 Å². The minimum absolute atomic E-state index is 0.00935. The molecule has 0 radical (unpaired) electrons. The summed E-state index contributed by atoms with van der Waals surface area (Å²) in [5.41, 5.74) is 2.42. The molecule has 6 nitrogen and oxygen atoms in total. The van der Waals surface area contributed by atoms with Crippen molar-refractivity contribution in [2.24, 2.45) is 5.92 Å². The number of fused-ring (bicyclic) bond motifs is 1. The summed E-state index contributed by atoms with van der Waals surface area (Å²) in [6.45, 7) is 5.45. The maximum Gasteiger partial charge on any atom is 0.258 e. The highest BCUT2D eigenvalue weighted by Gasteiger charge is 2.22. The van der Waals surface area contributed by atoms with Gasteiger partial charge in [0.1, 0.15) is 11.6 Å². The minimum atomic E-state index is -0.242. The highest BCUT2D eigenvalue weighted by Crippen LogP contribution is 2.22. The maximum atomic E-state index is 12.4. The molecule has 2 N–H and O–H groups in total. The number of hydrogen-bond donors (Lipinski definition) is 2. The third-order valence-corrected chi connectivity index (χ3v) is 4.32. The van der Waals surface area contributed by atoms with Gasteiger partial charge in [0.2, 0.25) is 0 Å². The molecular formula is C21H23N3O3. The van der Waals surface area contributed by atoms with Gasteiger partial charge in [0.05, 0.1) is 17.1 Å². The number of nitrogens with one attached hydrogen (secondary N) is 2. The topological polar surface area (TPSA) is 84.1 Å². The van der Waals surface area contributed by atoms with Crippen molar-refractivity contribution in [1.29, 1.82) is 0 Å². The monoisotopic (exact) mass is 365 g/mol. The van der Waals surface area contributed by atoms with Gasteiger partial charge in [-0.25, -0.2) is 4.98 Å². The molecule has 1 amide bonds. The van der Waals surface area contributed by atoms with Crippen molar-refractivity contribution in [3.63, 3.8) is 0 Å². The fourth-order valence-electron chi connectivity index (χ4n) is 2.82. The Morgan fingerprint density at radius 1 is 1.11 bits per heavy atom. The molecule has 0 spiro atoms. The third kappa shape index (κ3) is 4.53. The zero-order chi connectivity index (χ0) is 19.4. The zero-order valence-electron chi connectivity index (χ0n) is 15.7. The molecule has 0 saturated carbocycles. The van der Waals surface area contributed by atoms with Crippen molar-refractivity contribution in [3.05, 3.63) is 59.9 Å². The number of carbonyl (C=O) groups excluding carboxylic acids is 2. The third-order valence-electron chi connectivity index (χ3n) is 4.32. The average molecular weight is 365 g/mol. The van der Waals surface area contributed by atoms with E-state index in [9.17, 15) is 9.59 Å². The van der Waals surface area contributed by atoms with Crippen LogP contribution < -0.4 is 10.1 Å². The summed E-state index contributed by atoms with van der Waals surface area (Å²) in [5.74, 6) is 1.18. The SMILES string of the molecule is CC(=O)c1ccc(OCC(=O)NC(c2nc3ccccc3[nH]2)C(C)C)cc1. The van der Waals surface area contributed by atoms with Gasteiger partial charge >= 0.3 is 0 Å². The zero-order valence-corrected chi connectivity index (χ0v) is 15.7. The number of rotatable bonds is 7. The molecule has 3 aromatic rings. The fourth-order valence-corrected chi connectivity index (χ4v) is 2.82. The standard InChI is InChI=1S/C21H23N3O3/c1-13(2)20(21-22-17-6-4-5-7-18(17)23-21)24-19(26)12-27-16-10-8-15(9-11-16)14(3)25/h4-11,13,20H,12H2,1-3H3,(H,22,23)(H,24,26). The number of ketones is 1. The minimum Gasteiger partial charge on any atom is -0.484 e. The number of aromatic nitrogens is 2. The summed E-state index contributed by atoms with van der Waals surface area (Å²) >= 11 is 0. The molecule has 6 heteroatoms. The lowest BCUT2D eigenvalue weighted by Crippen LogP contribution is -2.35. The number of amides is 1. The van der Waals surface area contributed by atoms with Crippen LogP contribution in [-0.2, 0) is 4.79 Å². The van der Waals surface area contributed by atoms with E-state index in [1.54, 1.807) is 24.3 Å². The predicted molar refractivity (Wildman–Crippen MR) is 104 cm³/mol. The maximum absolute atomic E-state index is 12.4. The molecule has 3 rings (SSSR count). The Labute approximate surface area is 158 Å². The average Bonchev–Trinajstić information content (AvgIpc) is 3.08. The van der Waals surface area contributed by atoms with Crippen LogP contribution in [-0.4, -0.2) is 28.3 Å². The molecule has 0 aliphatic carbocycles. The molecule has 0 bridgehead atoms. The number of carbonyl (C=O) groups is 2. The van der Waals surface area contributed by atoms with Gasteiger partial charge in [-0.3, -0.25) is 9.59 Å². The van der Waals surface area contributed by atoms with Crippen molar-refractivity contribution in [3.8, 4) is 5.75 Å². The molecular weight excluding hydrogens is 342 g/mol. The first kappa shape index (κ1) is 18.6. The van der Waals surface area contributed by atoms with E-state index in [2.05, 4.69) is 15.3 Å². The molecule has 0 aliphatic rings. The van der Waals surface area contributed by atoms with Gasteiger partial charge in [-0.15, -0.1) is 0 Å². The Hall–Kier alpha value is -3.15. The molecule has 140 valence electrons. The summed E-state index contributed by atoms with van der Waals surface area (Å²) < 4.78 is 5.52. The lowest BCUT2D eigenvalue weighted by atomic mass is 10.0. The second-order valence-corrected chi connectivity index (χ2v) is 6.80. The largest absolute Gasteiger partial charge is 0.484 e. The quantitative estimate of drug-likeness (QED) is 0.626. The number of aromatic amines is 1. The van der Waals surface area contributed by atoms with E-state index >= 15 is 0 Å².